The molecule has 0 radical (unpaired) electrons. The van der Waals surface area contributed by atoms with Crippen molar-refractivity contribution >= 4 is 11.3 Å². The smallest absolute Gasteiger partial charge is 0.151 e. The molecule has 172 valence electrons. The quantitative estimate of drug-likeness (QED) is 0.319. The topological polar surface area (TPSA) is 86.7 Å². The van der Waals surface area contributed by atoms with Crippen LogP contribution in [0.15, 0.2) is 67.0 Å². The molecule has 0 spiro atoms. The molecular formula is C26H31N5O2. The number of fused-ring (bicyclic) bond motifs is 1. The number of nitrogens with one attached hydrogen (secondary N) is 1. The molecule has 2 aromatic heterocycles. The number of hydrogen-bond donors (Lipinski definition) is 2. The maximum atomic E-state index is 6.28. The van der Waals surface area contributed by atoms with E-state index in [0.717, 1.165) is 72.6 Å². The van der Waals surface area contributed by atoms with E-state index in [0.29, 0.717) is 12.4 Å². The second-order valence-corrected chi connectivity index (χ2v) is 7.96. The Morgan fingerprint density at radius 3 is 2.70 bits per heavy atom. The van der Waals surface area contributed by atoms with Gasteiger partial charge >= 0.3 is 0 Å². The van der Waals surface area contributed by atoms with Crippen LogP contribution in [0.3, 0.4) is 0 Å². The standard InChI is InChI=1S/C26H31N5O2/c1-32-15-7-14-28-13-6-11-22-17-24(25-26(27)29-19-30-31(22)25)21-10-5-12-23(16-21)33-18-20-8-3-2-4-9-20/h2-5,8-10,12,16-17,19,28H,6-7,11,13-15,18H2,1H3,(H2,27,29,30). The summed E-state index contributed by atoms with van der Waals surface area (Å²) in [6.07, 6.45) is 4.42. The van der Waals surface area contributed by atoms with Gasteiger partial charge in [-0.2, -0.15) is 5.10 Å². The second-order valence-electron chi connectivity index (χ2n) is 7.96. The lowest BCUT2D eigenvalue weighted by atomic mass is 10.1. The van der Waals surface area contributed by atoms with Crippen molar-refractivity contribution in [2.24, 2.45) is 0 Å². The molecule has 0 saturated carbocycles. The molecule has 0 aliphatic rings. The number of anilines is 1. The van der Waals surface area contributed by atoms with E-state index in [1.807, 2.05) is 40.9 Å². The first kappa shape index (κ1) is 22.8. The molecule has 0 unspecified atom stereocenters. The van der Waals surface area contributed by atoms with Gasteiger partial charge in [0.05, 0.1) is 0 Å². The van der Waals surface area contributed by atoms with Crippen molar-refractivity contribution in [3.63, 3.8) is 0 Å². The summed E-state index contributed by atoms with van der Waals surface area (Å²) in [7, 11) is 1.73. The average Bonchev–Trinajstić information content (AvgIpc) is 3.23. The number of aryl methyl sites for hydroxylation is 1. The molecule has 0 fully saturated rings. The van der Waals surface area contributed by atoms with Crippen LogP contribution in [-0.2, 0) is 17.8 Å². The summed E-state index contributed by atoms with van der Waals surface area (Å²) in [6.45, 7) is 3.20. The Hall–Kier alpha value is -3.42. The van der Waals surface area contributed by atoms with Gasteiger partial charge in [-0.25, -0.2) is 9.50 Å². The highest BCUT2D eigenvalue weighted by atomic mass is 16.5. The molecule has 0 atom stereocenters. The minimum Gasteiger partial charge on any atom is -0.489 e. The van der Waals surface area contributed by atoms with Crippen LogP contribution in [0.2, 0.25) is 0 Å². The molecule has 0 bridgehead atoms. The second kappa shape index (κ2) is 11.4. The van der Waals surface area contributed by atoms with Crippen LogP contribution in [0.25, 0.3) is 16.6 Å². The molecule has 0 saturated heterocycles. The Morgan fingerprint density at radius 1 is 1.00 bits per heavy atom. The summed E-state index contributed by atoms with van der Waals surface area (Å²) < 4.78 is 13.0. The third kappa shape index (κ3) is 5.88. The monoisotopic (exact) mass is 445 g/mol. The van der Waals surface area contributed by atoms with E-state index in [1.165, 1.54) is 6.33 Å². The first-order valence-electron chi connectivity index (χ1n) is 11.3. The summed E-state index contributed by atoms with van der Waals surface area (Å²) in [6, 6.07) is 20.4. The maximum absolute atomic E-state index is 6.28. The molecular weight excluding hydrogens is 414 g/mol. The minimum absolute atomic E-state index is 0.472. The van der Waals surface area contributed by atoms with Gasteiger partial charge in [0.2, 0.25) is 0 Å². The van der Waals surface area contributed by atoms with E-state index >= 15 is 0 Å². The fourth-order valence-electron chi connectivity index (χ4n) is 3.89. The van der Waals surface area contributed by atoms with Crippen molar-refractivity contribution < 1.29 is 9.47 Å². The van der Waals surface area contributed by atoms with Gasteiger partial charge in [-0.1, -0.05) is 42.5 Å². The van der Waals surface area contributed by atoms with Gasteiger partial charge in [-0.3, -0.25) is 0 Å². The molecule has 4 rings (SSSR count). The Kier molecular flexibility index (Phi) is 7.90. The van der Waals surface area contributed by atoms with Crippen molar-refractivity contribution in [2.75, 3.05) is 32.5 Å². The molecule has 33 heavy (non-hydrogen) atoms. The zero-order chi connectivity index (χ0) is 22.9. The van der Waals surface area contributed by atoms with Gasteiger partial charge in [-0.15, -0.1) is 0 Å². The SMILES string of the molecule is COCCCNCCCc1cc(-c2cccc(OCc3ccccc3)c2)c2c(N)ncnn12. The van der Waals surface area contributed by atoms with Crippen molar-refractivity contribution in [3.05, 3.63) is 78.2 Å². The largest absolute Gasteiger partial charge is 0.489 e. The van der Waals surface area contributed by atoms with Crippen molar-refractivity contribution in [1.82, 2.24) is 19.9 Å². The minimum atomic E-state index is 0.472. The zero-order valence-corrected chi connectivity index (χ0v) is 19.0. The number of benzene rings is 2. The van der Waals surface area contributed by atoms with E-state index < -0.39 is 0 Å². The van der Waals surface area contributed by atoms with Gasteiger partial charge in [0, 0.05) is 25.0 Å². The lowest BCUT2D eigenvalue weighted by Gasteiger charge is -2.08. The summed E-state index contributed by atoms with van der Waals surface area (Å²) in [5, 5.41) is 7.94. The summed E-state index contributed by atoms with van der Waals surface area (Å²) in [5.41, 5.74) is 11.4. The Morgan fingerprint density at radius 2 is 1.85 bits per heavy atom. The van der Waals surface area contributed by atoms with E-state index in [4.69, 9.17) is 15.2 Å². The van der Waals surface area contributed by atoms with Crippen LogP contribution in [0.1, 0.15) is 24.1 Å². The van der Waals surface area contributed by atoms with Crippen molar-refractivity contribution in [2.45, 2.75) is 25.9 Å². The van der Waals surface area contributed by atoms with Crippen LogP contribution < -0.4 is 15.8 Å². The predicted octanol–water partition coefficient (Wildman–Crippen LogP) is 4.12. The highest BCUT2D eigenvalue weighted by Crippen LogP contribution is 2.32. The predicted molar refractivity (Wildman–Crippen MR) is 131 cm³/mol. The fourth-order valence-corrected chi connectivity index (χ4v) is 3.89. The number of methoxy groups -OCH3 is 1. The van der Waals surface area contributed by atoms with Gasteiger partial charge in [-0.05, 0) is 61.7 Å². The number of hydrogen-bond acceptors (Lipinski definition) is 6. The molecule has 0 amide bonds. The van der Waals surface area contributed by atoms with Gasteiger partial charge in [0.15, 0.2) is 5.82 Å². The van der Waals surface area contributed by atoms with E-state index in [2.05, 4.69) is 39.7 Å². The number of nitrogens with two attached hydrogens (primary N) is 1. The number of nitrogens with zero attached hydrogens (tertiary/aromatic N) is 3. The van der Waals surface area contributed by atoms with Crippen LogP contribution >= 0.6 is 0 Å². The van der Waals surface area contributed by atoms with E-state index in [-0.39, 0.29) is 0 Å². The number of ether oxygens (including phenoxy) is 2. The summed E-state index contributed by atoms with van der Waals surface area (Å²) in [4.78, 5) is 4.23. The Balaban J connectivity index is 1.50. The Bertz CT molecular complexity index is 1160. The number of nitrogen functional groups attached to an aromatic ring is 1. The van der Waals surface area contributed by atoms with Crippen molar-refractivity contribution in [1.29, 1.82) is 0 Å². The van der Waals surface area contributed by atoms with Gasteiger partial charge in [0.25, 0.3) is 0 Å². The van der Waals surface area contributed by atoms with Crippen LogP contribution in [0.5, 0.6) is 5.75 Å². The fraction of sp³-hybridized carbons (Fsp3) is 0.308. The van der Waals surface area contributed by atoms with Crippen LogP contribution in [0.4, 0.5) is 5.82 Å². The lowest BCUT2D eigenvalue weighted by molar-refractivity contribution is 0.194. The summed E-state index contributed by atoms with van der Waals surface area (Å²) in [5.74, 6) is 1.28. The molecule has 7 heteroatoms. The molecule has 0 aliphatic carbocycles. The molecule has 4 aromatic rings. The highest BCUT2D eigenvalue weighted by molar-refractivity contribution is 5.88. The Labute approximate surface area is 194 Å². The van der Waals surface area contributed by atoms with Crippen molar-refractivity contribution in [3.8, 4) is 16.9 Å². The number of rotatable bonds is 12. The molecule has 3 N–H and O–H groups in total. The molecule has 2 aromatic carbocycles. The van der Waals surface area contributed by atoms with Crippen LogP contribution in [-0.4, -0.2) is 41.4 Å². The first-order chi connectivity index (χ1) is 16.3. The van der Waals surface area contributed by atoms with Gasteiger partial charge < -0.3 is 20.5 Å². The molecule has 0 aliphatic heterocycles. The summed E-state index contributed by atoms with van der Waals surface area (Å²) >= 11 is 0. The highest BCUT2D eigenvalue weighted by Gasteiger charge is 2.15. The third-order valence-electron chi connectivity index (χ3n) is 5.54. The number of aromatic nitrogens is 3. The van der Waals surface area contributed by atoms with Gasteiger partial charge in [0.1, 0.15) is 24.2 Å². The van der Waals surface area contributed by atoms with E-state index in [1.54, 1.807) is 7.11 Å². The third-order valence-corrected chi connectivity index (χ3v) is 5.54. The molecule has 2 heterocycles. The normalized spacial score (nSPS) is 11.2. The lowest BCUT2D eigenvalue weighted by Crippen LogP contribution is -2.18. The maximum Gasteiger partial charge on any atom is 0.151 e. The van der Waals surface area contributed by atoms with Crippen LogP contribution in [0, 0.1) is 0 Å². The van der Waals surface area contributed by atoms with E-state index in [9.17, 15) is 0 Å². The molecule has 7 nitrogen and oxygen atoms in total. The first-order valence-corrected chi connectivity index (χ1v) is 11.3. The zero-order valence-electron chi connectivity index (χ0n) is 19.0. The average molecular weight is 446 g/mol.